The van der Waals surface area contributed by atoms with Crippen molar-refractivity contribution >= 4 is 17.3 Å². The second-order valence-electron chi connectivity index (χ2n) is 4.72. The van der Waals surface area contributed by atoms with Crippen molar-refractivity contribution in [1.29, 1.82) is 0 Å². The largest absolute Gasteiger partial charge is 0.465 e. The van der Waals surface area contributed by atoms with Crippen LogP contribution in [-0.2, 0) is 4.74 Å². The van der Waals surface area contributed by atoms with Crippen LogP contribution in [0.5, 0.6) is 0 Å². The van der Waals surface area contributed by atoms with Gasteiger partial charge in [-0.2, -0.15) is 0 Å². The molecule has 0 saturated carbocycles. The highest BCUT2D eigenvalue weighted by Gasteiger charge is 2.23. The predicted octanol–water partition coefficient (Wildman–Crippen LogP) is 2.04. The van der Waals surface area contributed by atoms with Crippen LogP contribution in [0.1, 0.15) is 23.7 Å². The van der Waals surface area contributed by atoms with E-state index in [0.717, 1.165) is 19.5 Å². The Morgan fingerprint density at radius 2 is 2.28 bits per heavy atom. The Kier molecular flexibility index (Phi) is 3.41. The molecule has 98 valence electrons. The molecule has 0 amide bonds. The van der Waals surface area contributed by atoms with Crippen LogP contribution in [0.25, 0.3) is 0 Å². The van der Waals surface area contributed by atoms with Crippen molar-refractivity contribution in [3.8, 4) is 0 Å². The van der Waals surface area contributed by atoms with Crippen molar-refractivity contribution in [3.05, 3.63) is 23.5 Å². The van der Waals surface area contributed by atoms with Gasteiger partial charge in [-0.1, -0.05) is 6.92 Å². The third-order valence-electron chi connectivity index (χ3n) is 3.29. The average Bonchev–Trinajstić information content (AvgIpc) is 2.75. The van der Waals surface area contributed by atoms with Crippen molar-refractivity contribution in [3.63, 3.8) is 0 Å². The quantitative estimate of drug-likeness (QED) is 0.646. The van der Waals surface area contributed by atoms with Crippen LogP contribution in [0.15, 0.2) is 12.1 Å². The van der Waals surface area contributed by atoms with Crippen LogP contribution in [-0.4, -0.2) is 26.2 Å². The Balaban J connectivity index is 2.38. The lowest BCUT2D eigenvalue weighted by atomic mass is 10.1. The Morgan fingerprint density at radius 3 is 2.83 bits per heavy atom. The second-order valence-corrected chi connectivity index (χ2v) is 4.72. The number of methoxy groups -OCH3 is 1. The van der Waals surface area contributed by atoms with Gasteiger partial charge in [-0.25, -0.2) is 9.18 Å². The summed E-state index contributed by atoms with van der Waals surface area (Å²) in [6, 6.07) is 2.67. The molecule has 0 spiro atoms. The maximum atomic E-state index is 13.9. The number of ether oxygens (including phenoxy) is 1. The molecule has 0 aromatic heterocycles. The molecule has 5 heteroatoms. The van der Waals surface area contributed by atoms with Gasteiger partial charge < -0.3 is 15.4 Å². The summed E-state index contributed by atoms with van der Waals surface area (Å²) in [7, 11) is 1.28. The lowest BCUT2D eigenvalue weighted by Crippen LogP contribution is -2.21. The number of nitrogens with two attached hydrogens (primary N) is 1. The minimum absolute atomic E-state index is 0.107. The van der Waals surface area contributed by atoms with Gasteiger partial charge in [-0.3, -0.25) is 0 Å². The number of halogens is 1. The van der Waals surface area contributed by atoms with Crippen molar-refractivity contribution in [2.45, 2.75) is 13.3 Å². The first-order valence-electron chi connectivity index (χ1n) is 5.95. The number of carbonyl (C=O) groups excluding carboxylic acids is 1. The molecule has 1 heterocycles. The van der Waals surface area contributed by atoms with Gasteiger partial charge in [0, 0.05) is 18.8 Å². The molecule has 1 saturated heterocycles. The summed E-state index contributed by atoms with van der Waals surface area (Å²) in [5.41, 5.74) is 6.38. The Morgan fingerprint density at radius 1 is 1.56 bits per heavy atom. The second kappa shape index (κ2) is 4.84. The molecule has 0 aliphatic carbocycles. The average molecular weight is 252 g/mol. The fourth-order valence-electron chi connectivity index (χ4n) is 2.26. The molecule has 1 atom stereocenters. The summed E-state index contributed by atoms with van der Waals surface area (Å²) in [5.74, 6) is -0.404. The minimum atomic E-state index is -0.541. The zero-order valence-electron chi connectivity index (χ0n) is 10.6. The zero-order chi connectivity index (χ0) is 13.3. The molecule has 2 N–H and O–H groups in total. The summed E-state index contributed by atoms with van der Waals surface area (Å²) in [4.78, 5) is 13.5. The van der Waals surface area contributed by atoms with E-state index in [1.54, 1.807) is 0 Å². The third kappa shape index (κ3) is 2.25. The fourth-order valence-corrected chi connectivity index (χ4v) is 2.26. The SMILES string of the molecule is COC(=O)c1cc(N2CCC(C)C2)c(F)cc1N. The van der Waals surface area contributed by atoms with Gasteiger partial charge in [0.15, 0.2) is 0 Å². The zero-order valence-corrected chi connectivity index (χ0v) is 10.6. The van der Waals surface area contributed by atoms with E-state index in [1.807, 2.05) is 4.90 Å². The van der Waals surface area contributed by atoms with E-state index in [4.69, 9.17) is 5.73 Å². The topological polar surface area (TPSA) is 55.6 Å². The van der Waals surface area contributed by atoms with Crippen LogP contribution < -0.4 is 10.6 Å². The van der Waals surface area contributed by atoms with Gasteiger partial charge in [0.1, 0.15) is 5.82 Å². The number of rotatable bonds is 2. The molecular weight excluding hydrogens is 235 g/mol. The summed E-state index contributed by atoms with van der Waals surface area (Å²) in [6.45, 7) is 3.71. The van der Waals surface area contributed by atoms with Crippen LogP contribution in [0.4, 0.5) is 15.8 Å². The number of esters is 1. The first kappa shape index (κ1) is 12.7. The third-order valence-corrected chi connectivity index (χ3v) is 3.29. The number of hydrogen-bond acceptors (Lipinski definition) is 4. The summed E-state index contributed by atoms with van der Waals surface area (Å²) in [5, 5.41) is 0. The number of carbonyl (C=O) groups is 1. The Hall–Kier alpha value is -1.78. The van der Waals surface area contributed by atoms with Gasteiger partial charge in [-0.05, 0) is 24.5 Å². The van der Waals surface area contributed by atoms with Crippen LogP contribution in [0.3, 0.4) is 0 Å². The van der Waals surface area contributed by atoms with Gasteiger partial charge in [0.25, 0.3) is 0 Å². The molecule has 1 aliphatic heterocycles. The summed E-state index contributed by atoms with van der Waals surface area (Å²) < 4.78 is 18.5. The van der Waals surface area contributed by atoms with E-state index in [0.29, 0.717) is 11.6 Å². The van der Waals surface area contributed by atoms with Gasteiger partial charge in [0.2, 0.25) is 0 Å². The van der Waals surface area contributed by atoms with Gasteiger partial charge >= 0.3 is 5.97 Å². The molecule has 0 radical (unpaired) electrons. The number of benzene rings is 1. The van der Waals surface area contributed by atoms with E-state index < -0.39 is 11.8 Å². The predicted molar refractivity (Wildman–Crippen MR) is 68.1 cm³/mol. The van der Waals surface area contributed by atoms with Gasteiger partial charge in [0.05, 0.1) is 18.4 Å². The first-order chi connectivity index (χ1) is 8.52. The van der Waals surface area contributed by atoms with E-state index in [9.17, 15) is 9.18 Å². The van der Waals surface area contributed by atoms with Crippen LogP contribution >= 0.6 is 0 Å². The molecule has 1 unspecified atom stereocenters. The van der Waals surface area contributed by atoms with Crippen molar-refractivity contribution < 1.29 is 13.9 Å². The lowest BCUT2D eigenvalue weighted by Gasteiger charge is -2.20. The highest BCUT2D eigenvalue weighted by molar-refractivity contribution is 5.96. The summed E-state index contributed by atoms with van der Waals surface area (Å²) >= 11 is 0. The normalized spacial score (nSPS) is 19.1. The molecule has 1 aliphatic rings. The Labute approximate surface area is 106 Å². The molecule has 1 aromatic carbocycles. The fraction of sp³-hybridized carbons (Fsp3) is 0.462. The van der Waals surface area contributed by atoms with E-state index in [-0.39, 0.29) is 11.3 Å². The number of nitrogen functional groups attached to an aromatic ring is 1. The highest BCUT2D eigenvalue weighted by atomic mass is 19.1. The molecule has 1 aromatic rings. The summed E-state index contributed by atoms with van der Waals surface area (Å²) in [6.07, 6.45) is 1.03. The molecule has 1 fully saturated rings. The van der Waals surface area contributed by atoms with Crippen molar-refractivity contribution in [2.75, 3.05) is 30.8 Å². The number of nitrogens with zero attached hydrogens (tertiary/aromatic N) is 1. The maximum Gasteiger partial charge on any atom is 0.340 e. The van der Waals surface area contributed by atoms with E-state index >= 15 is 0 Å². The van der Waals surface area contributed by atoms with Crippen LogP contribution in [0, 0.1) is 11.7 Å². The lowest BCUT2D eigenvalue weighted by molar-refractivity contribution is 0.0602. The van der Waals surface area contributed by atoms with Crippen LogP contribution in [0.2, 0.25) is 0 Å². The smallest absolute Gasteiger partial charge is 0.340 e. The molecule has 2 rings (SSSR count). The maximum absolute atomic E-state index is 13.9. The van der Waals surface area contributed by atoms with Crippen molar-refractivity contribution in [2.24, 2.45) is 5.92 Å². The molecule has 0 bridgehead atoms. The standard InChI is InChI=1S/C13H17FN2O2/c1-8-3-4-16(7-8)12-5-9(13(17)18-2)11(15)6-10(12)14/h5-6,8H,3-4,7,15H2,1-2H3. The van der Waals surface area contributed by atoms with Crippen molar-refractivity contribution in [1.82, 2.24) is 0 Å². The highest BCUT2D eigenvalue weighted by Crippen LogP contribution is 2.30. The van der Waals surface area contributed by atoms with E-state index in [1.165, 1.54) is 19.2 Å². The monoisotopic (exact) mass is 252 g/mol. The molecule has 4 nitrogen and oxygen atoms in total. The van der Waals surface area contributed by atoms with Gasteiger partial charge in [-0.15, -0.1) is 0 Å². The first-order valence-corrected chi connectivity index (χ1v) is 5.95. The number of hydrogen-bond donors (Lipinski definition) is 1. The number of anilines is 2. The van der Waals surface area contributed by atoms with E-state index in [2.05, 4.69) is 11.7 Å². The minimum Gasteiger partial charge on any atom is -0.465 e. The molecule has 18 heavy (non-hydrogen) atoms. The molecular formula is C13H17FN2O2. The Bertz CT molecular complexity index is 476.